The summed E-state index contributed by atoms with van der Waals surface area (Å²) in [6.45, 7) is 3.11. The second kappa shape index (κ2) is 9.61. The Hall–Kier alpha value is -1.08. The molecule has 0 unspecified atom stereocenters. The zero-order valence-electron chi connectivity index (χ0n) is 15.5. The number of nitrogens with zero attached hydrogens (tertiary/aromatic N) is 3. The van der Waals surface area contributed by atoms with Crippen molar-refractivity contribution in [2.75, 3.05) is 32.1 Å². The number of hydrogen-bond acceptors (Lipinski definition) is 4. The van der Waals surface area contributed by atoms with E-state index in [1.807, 2.05) is 38.1 Å². The fourth-order valence-electron chi connectivity index (χ4n) is 2.65. The van der Waals surface area contributed by atoms with Crippen LogP contribution in [0.5, 0.6) is 0 Å². The van der Waals surface area contributed by atoms with Gasteiger partial charge in [0.25, 0.3) is 5.91 Å². The third kappa shape index (κ3) is 5.09. The molecule has 2 aromatic carbocycles. The van der Waals surface area contributed by atoms with E-state index in [4.69, 9.17) is 39.8 Å². The minimum Gasteiger partial charge on any atom is -0.308 e. The summed E-state index contributed by atoms with van der Waals surface area (Å²) in [6, 6.07) is 8.61. The summed E-state index contributed by atoms with van der Waals surface area (Å²) >= 11 is 19.9. The fourth-order valence-corrected chi connectivity index (χ4v) is 4.46. The molecule has 0 fully saturated rings. The molecule has 4 nitrogen and oxygen atoms in total. The summed E-state index contributed by atoms with van der Waals surface area (Å²) < 4.78 is 0.940. The van der Waals surface area contributed by atoms with E-state index in [9.17, 15) is 4.79 Å². The fraction of sp³-hybridized carbons (Fsp3) is 0.263. The number of fused-ring (bicyclic) bond motifs is 1. The Bertz CT molecular complexity index is 1010. The molecule has 1 aromatic heterocycles. The number of rotatable bonds is 5. The van der Waals surface area contributed by atoms with Crippen LogP contribution in [0.1, 0.15) is 15.9 Å². The molecule has 0 aliphatic rings. The van der Waals surface area contributed by atoms with Crippen LogP contribution in [-0.4, -0.2) is 43.0 Å². The number of carbonyl (C=O) groups excluding carboxylic acids is 1. The van der Waals surface area contributed by atoms with E-state index in [2.05, 4.69) is 0 Å². The van der Waals surface area contributed by atoms with Gasteiger partial charge in [-0.3, -0.25) is 9.69 Å². The number of likely N-dealkylation sites (N-methyl/N-ethyl adjacent to an activating group) is 1. The lowest BCUT2D eigenvalue weighted by molar-refractivity contribution is 0.0985. The molecule has 28 heavy (non-hydrogen) atoms. The van der Waals surface area contributed by atoms with Crippen LogP contribution in [0.4, 0.5) is 5.13 Å². The SMILES string of the molecule is Cc1cc(Cl)cc2sc(N(CCN(C)C)C(=O)c3cc(Cl)ccc3Cl)nc12.Cl. The van der Waals surface area contributed by atoms with Crippen LogP contribution in [-0.2, 0) is 0 Å². The van der Waals surface area contributed by atoms with Gasteiger partial charge in [-0.05, 0) is 56.9 Å². The number of thiazole rings is 1. The van der Waals surface area contributed by atoms with Gasteiger partial charge in [-0.2, -0.15) is 0 Å². The maximum Gasteiger partial charge on any atom is 0.261 e. The van der Waals surface area contributed by atoms with Crippen LogP contribution in [0.3, 0.4) is 0 Å². The van der Waals surface area contributed by atoms with E-state index in [1.165, 1.54) is 11.3 Å². The summed E-state index contributed by atoms with van der Waals surface area (Å²) in [5, 5.41) is 2.08. The van der Waals surface area contributed by atoms with Gasteiger partial charge in [-0.1, -0.05) is 46.1 Å². The monoisotopic (exact) mass is 477 g/mol. The summed E-state index contributed by atoms with van der Waals surface area (Å²) in [4.78, 5) is 21.6. The Morgan fingerprint density at radius 3 is 2.46 bits per heavy atom. The molecular weight excluding hydrogens is 460 g/mol. The van der Waals surface area contributed by atoms with Gasteiger partial charge in [0.1, 0.15) is 0 Å². The van der Waals surface area contributed by atoms with Crippen molar-refractivity contribution in [3.05, 3.63) is 56.5 Å². The van der Waals surface area contributed by atoms with Crippen LogP contribution in [0.25, 0.3) is 10.2 Å². The standard InChI is InChI=1S/C19H18Cl3N3OS.ClH/c1-11-8-13(21)10-16-17(11)23-19(27-16)25(7-6-24(2)3)18(26)14-9-12(20)4-5-15(14)22;/h4-5,8-10H,6-7H2,1-3H3;1H. The predicted octanol–water partition coefficient (Wildman–Crippen LogP) is 6.20. The number of aromatic nitrogens is 1. The van der Waals surface area contributed by atoms with Crippen molar-refractivity contribution < 1.29 is 4.79 Å². The van der Waals surface area contributed by atoms with E-state index < -0.39 is 0 Å². The summed E-state index contributed by atoms with van der Waals surface area (Å²) in [5.74, 6) is -0.229. The number of halogens is 4. The zero-order valence-corrected chi connectivity index (χ0v) is 19.4. The van der Waals surface area contributed by atoms with Crippen molar-refractivity contribution in [1.29, 1.82) is 0 Å². The van der Waals surface area contributed by atoms with Crippen molar-refractivity contribution in [1.82, 2.24) is 9.88 Å². The largest absolute Gasteiger partial charge is 0.308 e. The first-order chi connectivity index (χ1) is 12.8. The van der Waals surface area contributed by atoms with Gasteiger partial charge in [-0.25, -0.2) is 4.98 Å². The highest BCUT2D eigenvalue weighted by Crippen LogP contribution is 2.34. The van der Waals surface area contributed by atoms with Gasteiger partial charge >= 0.3 is 0 Å². The van der Waals surface area contributed by atoms with Crippen molar-refractivity contribution in [2.24, 2.45) is 0 Å². The zero-order chi connectivity index (χ0) is 19.7. The second-order valence-corrected chi connectivity index (χ2v) is 8.74. The molecule has 0 radical (unpaired) electrons. The average molecular weight is 479 g/mol. The lowest BCUT2D eigenvalue weighted by Gasteiger charge is -2.22. The highest BCUT2D eigenvalue weighted by Gasteiger charge is 2.24. The Morgan fingerprint density at radius 2 is 1.79 bits per heavy atom. The lowest BCUT2D eigenvalue weighted by Crippen LogP contribution is -2.36. The molecule has 0 saturated carbocycles. The Labute approximate surface area is 189 Å². The summed E-state index contributed by atoms with van der Waals surface area (Å²) in [6.07, 6.45) is 0. The maximum absolute atomic E-state index is 13.3. The molecule has 3 rings (SSSR count). The van der Waals surface area contributed by atoms with Crippen molar-refractivity contribution in [3.63, 3.8) is 0 Å². The van der Waals surface area contributed by atoms with E-state index in [0.717, 1.165) is 15.8 Å². The third-order valence-corrected chi connectivity index (χ3v) is 5.85. The van der Waals surface area contributed by atoms with Crippen LogP contribution < -0.4 is 4.90 Å². The molecule has 0 atom stereocenters. The van der Waals surface area contributed by atoms with Crippen LogP contribution in [0.15, 0.2) is 30.3 Å². The minimum atomic E-state index is -0.229. The molecule has 0 N–H and O–H groups in total. The Balaban J connectivity index is 0.00000280. The van der Waals surface area contributed by atoms with Gasteiger partial charge in [0.05, 0.1) is 20.8 Å². The number of aryl methyl sites for hydroxylation is 1. The maximum atomic E-state index is 13.3. The first-order valence-electron chi connectivity index (χ1n) is 8.24. The van der Waals surface area contributed by atoms with E-state index in [-0.39, 0.29) is 18.3 Å². The number of carbonyl (C=O) groups is 1. The number of anilines is 1. The van der Waals surface area contributed by atoms with Crippen molar-refractivity contribution in [2.45, 2.75) is 6.92 Å². The average Bonchev–Trinajstić information content (AvgIpc) is 3.00. The Kier molecular flexibility index (Phi) is 7.97. The second-order valence-electron chi connectivity index (χ2n) is 6.45. The first kappa shape index (κ1) is 23.2. The molecule has 9 heteroatoms. The van der Waals surface area contributed by atoms with Crippen LogP contribution in [0.2, 0.25) is 15.1 Å². The summed E-state index contributed by atoms with van der Waals surface area (Å²) in [7, 11) is 3.91. The molecule has 3 aromatic rings. The molecule has 1 heterocycles. The normalized spacial score (nSPS) is 11.0. The van der Waals surface area contributed by atoms with Crippen LogP contribution >= 0.6 is 58.5 Å². The van der Waals surface area contributed by atoms with Crippen molar-refractivity contribution >= 4 is 79.8 Å². The Morgan fingerprint density at radius 1 is 1.07 bits per heavy atom. The number of hydrogen-bond donors (Lipinski definition) is 0. The highest BCUT2D eigenvalue weighted by molar-refractivity contribution is 7.22. The third-order valence-electron chi connectivity index (χ3n) is 4.04. The highest BCUT2D eigenvalue weighted by atomic mass is 35.5. The predicted molar refractivity (Wildman–Crippen MR) is 123 cm³/mol. The van der Waals surface area contributed by atoms with Gasteiger partial charge < -0.3 is 4.90 Å². The first-order valence-corrected chi connectivity index (χ1v) is 10.2. The van der Waals surface area contributed by atoms with Crippen LogP contribution in [0, 0.1) is 6.92 Å². The van der Waals surface area contributed by atoms with Gasteiger partial charge in [-0.15, -0.1) is 12.4 Å². The van der Waals surface area contributed by atoms with Gasteiger partial charge in [0, 0.05) is 23.1 Å². The minimum absolute atomic E-state index is 0. The molecule has 0 spiro atoms. The van der Waals surface area contributed by atoms with Gasteiger partial charge in [0.2, 0.25) is 0 Å². The lowest BCUT2D eigenvalue weighted by atomic mass is 10.2. The smallest absolute Gasteiger partial charge is 0.261 e. The van der Waals surface area contributed by atoms with Crippen molar-refractivity contribution in [3.8, 4) is 0 Å². The van der Waals surface area contributed by atoms with Gasteiger partial charge in [0.15, 0.2) is 5.13 Å². The van der Waals surface area contributed by atoms with E-state index in [0.29, 0.717) is 38.9 Å². The van der Waals surface area contributed by atoms with E-state index in [1.54, 1.807) is 23.1 Å². The molecule has 0 aliphatic heterocycles. The molecular formula is C19H19Cl4N3OS. The number of amides is 1. The molecule has 0 saturated heterocycles. The summed E-state index contributed by atoms with van der Waals surface area (Å²) in [5.41, 5.74) is 2.18. The molecule has 1 amide bonds. The molecule has 0 aliphatic carbocycles. The number of benzene rings is 2. The quantitative estimate of drug-likeness (QED) is 0.438. The topological polar surface area (TPSA) is 36.4 Å². The van der Waals surface area contributed by atoms with E-state index >= 15 is 0 Å². The molecule has 150 valence electrons. The molecule has 0 bridgehead atoms.